The number of allylic oxidation sites excluding steroid dienone is 1. The molecule has 0 saturated heterocycles. The number of halogens is 2. The molecule has 3 heteroatoms. The molecule has 1 aromatic carbocycles. The molecule has 0 amide bonds. The molecular weight excluding hydrogens is 219 g/mol. The molecule has 74 valence electrons. The Bertz CT molecular complexity index is 349. The normalized spacial score (nSPS) is 11.5. The van der Waals surface area contributed by atoms with Crippen molar-refractivity contribution < 1.29 is 4.79 Å². The topological polar surface area (TPSA) is 17.1 Å². The van der Waals surface area contributed by atoms with E-state index < -0.39 is 0 Å². The van der Waals surface area contributed by atoms with Crippen LogP contribution in [0.2, 0.25) is 10.0 Å². The Kier molecular flexibility index (Phi) is 4.18. The van der Waals surface area contributed by atoms with Crippen molar-refractivity contribution in [3.05, 3.63) is 39.4 Å². The van der Waals surface area contributed by atoms with Crippen molar-refractivity contribution in [1.29, 1.82) is 0 Å². The Labute approximate surface area is 93.3 Å². The maximum atomic E-state index is 10.6. The molecule has 0 aliphatic rings. The van der Waals surface area contributed by atoms with E-state index in [0.717, 1.165) is 17.4 Å². The third-order valence-electron chi connectivity index (χ3n) is 1.80. The Morgan fingerprint density at radius 1 is 1.29 bits per heavy atom. The monoisotopic (exact) mass is 228 g/mol. The highest BCUT2D eigenvalue weighted by atomic mass is 35.5. The molecule has 0 fully saturated rings. The summed E-state index contributed by atoms with van der Waals surface area (Å²) < 4.78 is 0. The van der Waals surface area contributed by atoms with Gasteiger partial charge in [0.1, 0.15) is 6.29 Å². The smallest absolute Gasteiger partial charge is 0.146 e. The van der Waals surface area contributed by atoms with Crippen molar-refractivity contribution in [1.82, 2.24) is 0 Å². The first kappa shape index (κ1) is 11.3. The molecule has 0 atom stereocenters. The van der Waals surface area contributed by atoms with Gasteiger partial charge in [-0.3, -0.25) is 4.79 Å². The molecule has 0 aliphatic heterocycles. The van der Waals surface area contributed by atoms with Crippen LogP contribution in [0.3, 0.4) is 0 Å². The van der Waals surface area contributed by atoms with E-state index in [-0.39, 0.29) is 0 Å². The lowest BCUT2D eigenvalue weighted by Gasteiger charge is -1.98. The van der Waals surface area contributed by atoms with E-state index in [1.165, 1.54) is 0 Å². The second-order valence-corrected chi connectivity index (χ2v) is 3.77. The van der Waals surface area contributed by atoms with E-state index in [2.05, 4.69) is 0 Å². The molecule has 0 spiro atoms. The maximum Gasteiger partial charge on any atom is 0.146 e. The SMILES string of the molecule is CC/C(C=O)=C/c1cc(Cl)cc(Cl)c1. The predicted octanol–water partition coefficient (Wildman–Crippen LogP) is 3.99. The van der Waals surface area contributed by atoms with Crippen molar-refractivity contribution in [2.75, 3.05) is 0 Å². The van der Waals surface area contributed by atoms with Crippen LogP contribution in [0.5, 0.6) is 0 Å². The third kappa shape index (κ3) is 3.17. The van der Waals surface area contributed by atoms with Crippen LogP contribution in [0.1, 0.15) is 18.9 Å². The summed E-state index contributed by atoms with van der Waals surface area (Å²) in [6.07, 6.45) is 3.33. The molecule has 1 aromatic rings. The summed E-state index contributed by atoms with van der Waals surface area (Å²) >= 11 is 11.6. The van der Waals surface area contributed by atoms with Crippen LogP contribution in [0.25, 0.3) is 6.08 Å². The van der Waals surface area contributed by atoms with Gasteiger partial charge in [0.2, 0.25) is 0 Å². The van der Waals surface area contributed by atoms with Crippen molar-refractivity contribution in [3.8, 4) is 0 Å². The van der Waals surface area contributed by atoms with Crippen LogP contribution >= 0.6 is 23.2 Å². The van der Waals surface area contributed by atoms with Gasteiger partial charge in [-0.15, -0.1) is 0 Å². The minimum atomic E-state index is 0.574. The van der Waals surface area contributed by atoms with E-state index in [4.69, 9.17) is 23.2 Å². The van der Waals surface area contributed by atoms with Crippen molar-refractivity contribution in [2.45, 2.75) is 13.3 Å². The fraction of sp³-hybridized carbons (Fsp3) is 0.182. The number of carbonyl (C=O) groups is 1. The minimum absolute atomic E-state index is 0.574. The van der Waals surface area contributed by atoms with Crippen LogP contribution in [0, 0.1) is 0 Å². The fourth-order valence-corrected chi connectivity index (χ4v) is 1.63. The largest absolute Gasteiger partial charge is 0.298 e. The Morgan fingerprint density at radius 2 is 1.86 bits per heavy atom. The average Bonchev–Trinajstić information content (AvgIpc) is 2.12. The molecule has 1 rings (SSSR count). The number of carbonyl (C=O) groups excluding carboxylic acids is 1. The highest BCUT2D eigenvalue weighted by Gasteiger charge is 1.97. The highest BCUT2D eigenvalue weighted by molar-refractivity contribution is 6.34. The van der Waals surface area contributed by atoms with Gasteiger partial charge in [0.25, 0.3) is 0 Å². The second-order valence-electron chi connectivity index (χ2n) is 2.89. The second kappa shape index (κ2) is 5.18. The molecule has 0 aromatic heterocycles. The number of aldehydes is 1. The standard InChI is InChI=1S/C11H10Cl2O/c1-2-8(7-14)3-9-4-10(12)6-11(13)5-9/h3-7H,2H2,1H3/b8-3-. The molecule has 0 saturated carbocycles. The molecule has 1 nitrogen and oxygen atoms in total. The molecule has 0 aliphatic carbocycles. The molecular formula is C11H10Cl2O. The van der Waals surface area contributed by atoms with Gasteiger partial charge < -0.3 is 0 Å². The average molecular weight is 229 g/mol. The fourth-order valence-electron chi connectivity index (χ4n) is 1.09. The first-order chi connectivity index (χ1) is 6.65. The molecule has 0 heterocycles. The van der Waals surface area contributed by atoms with E-state index in [0.29, 0.717) is 16.5 Å². The van der Waals surface area contributed by atoms with Crippen LogP contribution in [0.4, 0.5) is 0 Å². The summed E-state index contributed by atoms with van der Waals surface area (Å²) in [6, 6.07) is 5.20. The lowest BCUT2D eigenvalue weighted by atomic mass is 10.1. The lowest BCUT2D eigenvalue weighted by molar-refractivity contribution is -0.104. The zero-order valence-corrected chi connectivity index (χ0v) is 9.27. The number of benzene rings is 1. The summed E-state index contributed by atoms with van der Waals surface area (Å²) in [6.45, 7) is 1.92. The Balaban J connectivity index is 3.07. The van der Waals surface area contributed by atoms with Crippen molar-refractivity contribution >= 4 is 35.6 Å². The zero-order chi connectivity index (χ0) is 10.6. The van der Waals surface area contributed by atoms with E-state index in [1.807, 2.05) is 6.92 Å². The molecule has 0 N–H and O–H groups in total. The third-order valence-corrected chi connectivity index (χ3v) is 2.23. The van der Waals surface area contributed by atoms with Gasteiger partial charge in [-0.05, 0) is 41.8 Å². The van der Waals surface area contributed by atoms with Crippen LogP contribution < -0.4 is 0 Å². The van der Waals surface area contributed by atoms with Gasteiger partial charge in [0.15, 0.2) is 0 Å². The minimum Gasteiger partial charge on any atom is -0.298 e. The number of hydrogen-bond acceptors (Lipinski definition) is 1. The summed E-state index contributed by atoms with van der Waals surface area (Å²) in [7, 11) is 0. The van der Waals surface area contributed by atoms with Crippen LogP contribution in [0.15, 0.2) is 23.8 Å². The molecule has 0 radical (unpaired) electrons. The first-order valence-corrected chi connectivity index (χ1v) is 5.03. The van der Waals surface area contributed by atoms with Gasteiger partial charge in [0, 0.05) is 10.0 Å². The molecule has 0 unspecified atom stereocenters. The number of rotatable bonds is 3. The van der Waals surface area contributed by atoms with Gasteiger partial charge in [0.05, 0.1) is 0 Å². The van der Waals surface area contributed by atoms with Crippen LogP contribution in [-0.2, 0) is 4.79 Å². The highest BCUT2D eigenvalue weighted by Crippen LogP contribution is 2.20. The summed E-state index contributed by atoms with van der Waals surface area (Å²) in [5.74, 6) is 0. The predicted molar refractivity (Wildman–Crippen MR) is 60.8 cm³/mol. The summed E-state index contributed by atoms with van der Waals surface area (Å²) in [5, 5.41) is 1.15. The van der Waals surface area contributed by atoms with Crippen molar-refractivity contribution in [3.63, 3.8) is 0 Å². The van der Waals surface area contributed by atoms with E-state index >= 15 is 0 Å². The summed E-state index contributed by atoms with van der Waals surface area (Å²) in [5.41, 5.74) is 1.58. The Morgan fingerprint density at radius 3 is 2.29 bits per heavy atom. The Hall–Kier alpha value is -0.790. The van der Waals surface area contributed by atoms with Gasteiger partial charge in [-0.2, -0.15) is 0 Å². The first-order valence-electron chi connectivity index (χ1n) is 4.27. The quantitative estimate of drug-likeness (QED) is 0.565. The van der Waals surface area contributed by atoms with Crippen molar-refractivity contribution in [2.24, 2.45) is 0 Å². The van der Waals surface area contributed by atoms with Gasteiger partial charge >= 0.3 is 0 Å². The van der Waals surface area contributed by atoms with Gasteiger partial charge in [-0.1, -0.05) is 30.1 Å². The number of hydrogen-bond donors (Lipinski definition) is 0. The van der Waals surface area contributed by atoms with E-state index in [9.17, 15) is 4.79 Å². The van der Waals surface area contributed by atoms with E-state index in [1.54, 1.807) is 24.3 Å². The molecule has 14 heavy (non-hydrogen) atoms. The van der Waals surface area contributed by atoms with Crippen LogP contribution in [-0.4, -0.2) is 6.29 Å². The summed E-state index contributed by atoms with van der Waals surface area (Å²) in [4.78, 5) is 10.6. The zero-order valence-electron chi connectivity index (χ0n) is 7.76. The lowest BCUT2D eigenvalue weighted by Crippen LogP contribution is -1.82. The van der Waals surface area contributed by atoms with Gasteiger partial charge in [-0.25, -0.2) is 0 Å². The maximum absolute atomic E-state index is 10.6. The molecule has 0 bridgehead atoms.